The summed E-state index contributed by atoms with van der Waals surface area (Å²) in [5, 5.41) is 68.3. The Bertz CT molecular complexity index is 4160. The molecule has 9 rings (SSSR count). The van der Waals surface area contributed by atoms with Crippen molar-refractivity contribution in [2.75, 3.05) is 52.5 Å². The topological polar surface area (TPSA) is 375 Å². The van der Waals surface area contributed by atoms with E-state index >= 15 is 0 Å². The number of Topliss-reactive ketones (excluding diaryl/α,β-unsaturated/α-hetero) is 4. The maximum Gasteiger partial charge on any atom is 0.411 e. The number of amides is 5. The first-order valence-electron chi connectivity index (χ1n) is 39.5. The number of carbonyl (C=O) groups excluding carboxylic acids is 9. The van der Waals surface area contributed by atoms with Crippen molar-refractivity contribution in [3.05, 3.63) is 163 Å². The van der Waals surface area contributed by atoms with Crippen molar-refractivity contribution in [1.82, 2.24) is 24.5 Å². The number of benzene rings is 4. The van der Waals surface area contributed by atoms with Gasteiger partial charge in [0.25, 0.3) is 0 Å². The van der Waals surface area contributed by atoms with Crippen LogP contribution in [-0.4, -0.2) is 247 Å². The number of carboxylic acids is 1. The monoisotopic (exact) mass is 1800 g/mol. The lowest BCUT2D eigenvalue weighted by molar-refractivity contribution is -0.142. The molecule has 27 nitrogen and oxygen atoms in total. The van der Waals surface area contributed by atoms with Gasteiger partial charge in [0.05, 0.1) is 83.7 Å². The van der Waals surface area contributed by atoms with E-state index in [4.69, 9.17) is 75.2 Å². The molecule has 5 amide bonds. The van der Waals surface area contributed by atoms with Gasteiger partial charge in [0.1, 0.15) is 74.1 Å². The van der Waals surface area contributed by atoms with Crippen LogP contribution in [0.1, 0.15) is 184 Å². The molecule has 4 aromatic carbocycles. The standard InChI is InChI=1S/3C19H25ClFNO5.C19H23ClFNO3.C11H17NO4/c3*1-18(2,3)27-17(25)22-10-19(26,11-23)9-14(22)15(24)8-7-12-5-4-6-13(20)16(12)21;1-12-10-15(22(11-12)18(24)25-19(2,3)4)16(23)9-8-13-6-5-7-14(20)17(13)21;1-7-5-8(9(13)14)12(6-7)10(15)16-11(2,3)4/h3*4-6,14,23,26H,7-11H2,1-3H3;5-7,15H,1,8-11H2,2-4H3;8H,1,5-6H2,2-4H3,(H,13,14)/t3*14-,19-;15-;8-/m00000/s1. The average molecular weight is 1800 g/mol. The lowest BCUT2D eigenvalue weighted by Gasteiger charge is -2.28. The molecule has 0 unspecified atom stereocenters. The van der Waals surface area contributed by atoms with E-state index < -0.39 is 155 Å². The summed E-state index contributed by atoms with van der Waals surface area (Å²) >= 11 is 23.0. The van der Waals surface area contributed by atoms with Crippen LogP contribution in [0.25, 0.3) is 0 Å². The molecule has 5 fully saturated rings. The van der Waals surface area contributed by atoms with E-state index in [-0.39, 0.29) is 140 Å². The molecule has 0 spiro atoms. The van der Waals surface area contributed by atoms with Crippen LogP contribution in [0.3, 0.4) is 0 Å². The van der Waals surface area contributed by atoms with Crippen molar-refractivity contribution in [3.8, 4) is 0 Å². The molecule has 676 valence electrons. The molecule has 122 heavy (non-hydrogen) atoms. The van der Waals surface area contributed by atoms with Crippen LogP contribution in [0.4, 0.5) is 41.5 Å². The minimum absolute atomic E-state index is 0.0224. The van der Waals surface area contributed by atoms with Crippen LogP contribution in [0.5, 0.6) is 0 Å². The van der Waals surface area contributed by atoms with E-state index in [1.807, 2.05) is 0 Å². The molecule has 5 aliphatic heterocycles. The summed E-state index contributed by atoms with van der Waals surface area (Å²) in [5.41, 5.74) is -5.45. The average Bonchev–Trinajstić information content (AvgIpc) is 1.68. The Hall–Kier alpha value is -8.50. The number of aliphatic hydroxyl groups is 6. The molecule has 8 atom stereocenters. The minimum atomic E-state index is -1.57. The molecule has 5 aliphatic rings. The Morgan fingerprint density at radius 1 is 0.369 bits per heavy atom. The normalized spacial score (nSPS) is 21.5. The first-order chi connectivity index (χ1) is 56.2. The summed E-state index contributed by atoms with van der Waals surface area (Å²) in [6, 6.07) is 14.1. The number of aliphatic carboxylic acids is 1. The van der Waals surface area contributed by atoms with Crippen molar-refractivity contribution in [1.29, 1.82) is 0 Å². The van der Waals surface area contributed by atoms with E-state index in [0.717, 1.165) is 25.8 Å². The molecule has 0 saturated carbocycles. The van der Waals surface area contributed by atoms with E-state index in [2.05, 4.69) is 13.2 Å². The number of hydrogen-bond acceptors (Lipinski definition) is 21. The first-order valence-corrected chi connectivity index (χ1v) is 41.0. The largest absolute Gasteiger partial charge is 0.480 e. The molecule has 7 N–H and O–H groups in total. The van der Waals surface area contributed by atoms with E-state index in [0.29, 0.717) is 41.6 Å². The second-order valence-corrected chi connectivity index (χ2v) is 37.5. The van der Waals surface area contributed by atoms with Gasteiger partial charge in [0.15, 0.2) is 23.1 Å². The quantitative estimate of drug-likeness (QED) is 0.0245. The Morgan fingerprint density at radius 2 is 0.574 bits per heavy atom. The number of carboxylic acid groups (broad SMARTS) is 1. The van der Waals surface area contributed by atoms with Crippen LogP contribution >= 0.6 is 46.4 Å². The highest BCUT2D eigenvalue weighted by Crippen LogP contribution is 2.36. The van der Waals surface area contributed by atoms with Crippen molar-refractivity contribution >= 4 is 106 Å². The van der Waals surface area contributed by atoms with Crippen LogP contribution in [0, 0.1) is 23.3 Å². The lowest BCUT2D eigenvalue weighted by atomic mass is 9.96. The smallest absolute Gasteiger partial charge is 0.411 e. The summed E-state index contributed by atoms with van der Waals surface area (Å²) in [6.07, 6.45) is -2.35. The summed E-state index contributed by atoms with van der Waals surface area (Å²) in [6.45, 7) is 31.5. The number of ketones is 4. The fourth-order valence-corrected chi connectivity index (χ4v) is 14.2. The second kappa shape index (κ2) is 43.4. The lowest BCUT2D eigenvalue weighted by Crippen LogP contribution is -2.44. The second-order valence-electron chi connectivity index (χ2n) is 35.8. The molecule has 0 aliphatic carbocycles. The van der Waals surface area contributed by atoms with Gasteiger partial charge in [-0.1, -0.05) is 119 Å². The summed E-state index contributed by atoms with van der Waals surface area (Å²) < 4.78 is 82.3. The zero-order valence-electron chi connectivity index (χ0n) is 71.6. The number of hydrogen-bond donors (Lipinski definition) is 7. The maximum atomic E-state index is 14.0. The third kappa shape index (κ3) is 31.6. The number of halogens is 8. The van der Waals surface area contributed by atoms with Gasteiger partial charge < -0.3 is 59.4 Å². The highest BCUT2D eigenvalue weighted by molar-refractivity contribution is 6.31. The van der Waals surface area contributed by atoms with Gasteiger partial charge in [-0.05, 0) is 182 Å². The number of likely N-dealkylation sites (tertiary alicyclic amines) is 5. The number of aliphatic hydroxyl groups excluding tert-OH is 3. The van der Waals surface area contributed by atoms with Crippen molar-refractivity contribution in [2.24, 2.45) is 0 Å². The van der Waals surface area contributed by atoms with Crippen LogP contribution < -0.4 is 0 Å². The van der Waals surface area contributed by atoms with Gasteiger partial charge in [-0.15, -0.1) is 0 Å². The predicted octanol–water partition coefficient (Wildman–Crippen LogP) is 14.3. The van der Waals surface area contributed by atoms with Crippen LogP contribution in [0.15, 0.2) is 97.1 Å². The molecule has 5 heterocycles. The Labute approximate surface area is 729 Å². The van der Waals surface area contributed by atoms with Gasteiger partial charge in [-0.2, -0.15) is 0 Å². The third-order valence-electron chi connectivity index (χ3n) is 19.2. The van der Waals surface area contributed by atoms with Crippen molar-refractivity contribution in [3.63, 3.8) is 0 Å². The fraction of sp³-hybridized carbons (Fsp3) is 0.563. The fourth-order valence-electron chi connectivity index (χ4n) is 13.4. The van der Waals surface area contributed by atoms with Gasteiger partial charge >= 0.3 is 36.4 Å². The molecule has 4 aromatic rings. The number of rotatable bonds is 20. The number of carbonyl (C=O) groups is 10. The summed E-state index contributed by atoms with van der Waals surface area (Å²) in [7, 11) is 0. The van der Waals surface area contributed by atoms with E-state index in [9.17, 15) is 96.1 Å². The van der Waals surface area contributed by atoms with Gasteiger partial charge in [0.2, 0.25) is 0 Å². The molecule has 5 saturated heterocycles. The van der Waals surface area contributed by atoms with Crippen molar-refractivity contribution < 1.29 is 125 Å². The number of aryl methyl sites for hydroxylation is 4. The Morgan fingerprint density at radius 3 is 0.787 bits per heavy atom. The number of ether oxygens (including phenoxy) is 5. The van der Waals surface area contributed by atoms with Crippen molar-refractivity contribution in [2.45, 2.75) is 262 Å². The highest BCUT2D eigenvalue weighted by atomic mass is 35.5. The molecule has 35 heteroatoms. The number of nitrogens with zero attached hydrogens (tertiary/aromatic N) is 5. The summed E-state index contributed by atoms with van der Waals surface area (Å²) in [5.74, 6) is -4.42. The molecule has 0 bridgehead atoms. The van der Waals surface area contributed by atoms with Crippen LogP contribution in [-0.2, 0) is 73.3 Å². The summed E-state index contributed by atoms with van der Waals surface area (Å²) in [4.78, 5) is 129. The predicted molar refractivity (Wildman–Crippen MR) is 448 cm³/mol. The molecular weight excluding hydrogens is 1680 g/mol. The first kappa shape index (κ1) is 104. The zero-order valence-corrected chi connectivity index (χ0v) is 74.6. The highest BCUT2D eigenvalue weighted by Gasteiger charge is 2.52. The number of β-amino-alcohol motifs (C(OH)–C–C–N with tert-alkyl or cyclic N) is 3. The zero-order chi connectivity index (χ0) is 92.5. The van der Waals surface area contributed by atoms with Gasteiger partial charge in [-0.3, -0.25) is 43.7 Å². The SMILES string of the molecule is C=C1C[C@@H](C(=O)CCc2cccc(Cl)c2F)N(C(=O)OC(C)(C)C)C1.C=C1C[C@@H](C(=O)O)N(C(=O)OC(C)(C)C)C1.CC(C)(C)OC(=O)N1C[C@](O)(CO)C[C@H]1C(=O)CCc1cccc(Cl)c1F.CC(C)(C)OC(=O)N1C[C@](O)(CO)C[C@H]1C(=O)CCc1cccc(Cl)c1F.CC(C)(C)OC(=O)N1C[C@](O)(CO)C[C@H]1C(=O)CCc1cccc(Cl)c1F. The Balaban J connectivity index is 0.000000274. The van der Waals surface area contributed by atoms with Crippen LogP contribution in [0.2, 0.25) is 20.1 Å². The van der Waals surface area contributed by atoms with Gasteiger partial charge in [0, 0.05) is 64.5 Å². The third-order valence-corrected chi connectivity index (χ3v) is 20.4. The van der Waals surface area contributed by atoms with Gasteiger partial charge in [-0.25, -0.2) is 46.3 Å². The molecular formula is C87H115Cl4F4N5O22. The van der Waals surface area contributed by atoms with E-state index in [1.165, 1.54) is 34.1 Å². The Kier molecular flexibility index (Phi) is 37.0. The van der Waals surface area contributed by atoms with E-state index in [1.54, 1.807) is 152 Å². The molecule has 0 radical (unpaired) electrons. The molecule has 0 aromatic heterocycles. The minimum Gasteiger partial charge on any atom is -0.480 e. The maximum absolute atomic E-state index is 14.0.